The van der Waals surface area contributed by atoms with Gasteiger partial charge in [-0.05, 0) is 25.8 Å². The molecule has 2 heterocycles. The summed E-state index contributed by atoms with van der Waals surface area (Å²) in [6.07, 6.45) is 4.53. The first kappa shape index (κ1) is 21.3. The van der Waals surface area contributed by atoms with Crippen LogP contribution in [0.15, 0.2) is 36.7 Å². The van der Waals surface area contributed by atoms with E-state index in [0.29, 0.717) is 37.5 Å². The van der Waals surface area contributed by atoms with Gasteiger partial charge in [0.15, 0.2) is 0 Å². The molecule has 1 aromatic heterocycles. The molecule has 1 N–H and O–H groups in total. The average Bonchev–Trinajstić information content (AvgIpc) is 3.17. The number of carbonyl (C=O) groups is 1. The number of nitrogens with one attached hydrogen (secondary N) is 1. The number of methoxy groups -OCH3 is 1. The molecule has 29 heavy (non-hydrogen) atoms. The first-order valence-corrected chi connectivity index (χ1v) is 11.4. The fourth-order valence-electron chi connectivity index (χ4n) is 3.68. The van der Waals surface area contributed by atoms with Gasteiger partial charge in [-0.1, -0.05) is 18.2 Å². The summed E-state index contributed by atoms with van der Waals surface area (Å²) in [5, 5.41) is 3.12. The molecule has 1 amide bonds. The summed E-state index contributed by atoms with van der Waals surface area (Å²) in [5.41, 5.74) is 0.823. The predicted octanol–water partition coefficient (Wildman–Crippen LogP) is 1.70. The highest BCUT2D eigenvalue weighted by molar-refractivity contribution is 7.89. The van der Waals surface area contributed by atoms with Crippen LogP contribution in [-0.4, -0.2) is 54.1 Å². The van der Waals surface area contributed by atoms with Crippen molar-refractivity contribution in [2.75, 3.05) is 26.0 Å². The van der Waals surface area contributed by atoms with E-state index in [2.05, 4.69) is 10.3 Å². The van der Waals surface area contributed by atoms with Crippen LogP contribution in [0.4, 0.5) is 0 Å². The third-order valence-electron chi connectivity index (χ3n) is 5.44. The number of hydrogen-bond donors (Lipinski definition) is 1. The zero-order valence-corrected chi connectivity index (χ0v) is 17.9. The van der Waals surface area contributed by atoms with Gasteiger partial charge in [-0.3, -0.25) is 4.79 Å². The van der Waals surface area contributed by atoms with Crippen LogP contribution < -0.4 is 10.1 Å². The molecule has 8 nitrogen and oxygen atoms in total. The monoisotopic (exact) mass is 420 g/mol. The average molecular weight is 421 g/mol. The van der Waals surface area contributed by atoms with Crippen molar-refractivity contribution in [3.8, 4) is 5.75 Å². The first-order chi connectivity index (χ1) is 13.9. The number of para-hydroxylation sites is 1. The summed E-state index contributed by atoms with van der Waals surface area (Å²) in [6.45, 7) is 2.38. The number of sulfonamides is 1. The maximum Gasteiger partial charge on any atom is 0.224 e. The summed E-state index contributed by atoms with van der Waals surface area (Å²) >= 11 is 0. The van der Waals surface area contributed by atoms with Crippen LogP contribution in [0.3, 0.4) is 0 Å². The maximum atomic E-state index is 13.1. The lowest BCUT2D eigenvalue weighted by Gasteiger charge is -2.31. The maximum absolute atomic E-state index is 13.1. The molecule has 1 fully saturated rings. The highest BCUT2D eigenvalue weighted by atomic mass is 32.2. The highest BCUT2D eigenvalue weighted by Gasteiger charge is 2.32. The standard InChI is InChI=1S/C20H28N4O4S/c1-4-29(26,27)24-12-9-15(10-13-24)20(25)22-18(19-21-11-14-23(19)2)16-7-5-6-8-17(16)28-3/h5-8,11,14-15,18H,4,9-10,12-13H2,1-3H3,(H,22,25). The van der Waals surface area contributed by atoms with E-state index in [1.165, 1.54) is 4.31 Å². The van der Waals surface area contributed by atoms with Gasteiger partial charge < -0.3 is 14.6 Å². The normalized spacial score (nSPS) is 17.1. The number of imidazole rings is 1. The molecule has 0 radical (unpaired) electrons. The van der Waals surface area contributed by atoms with Crippen molar-refractivity contribution in [3.63, 3.8) is 0 Å². The van der Waals surface area contributed by atoms with Crippen LogP contribution in [-0.2, 0) is 21.9 Å². The Balaban J connectivity index is 1.79. The number of rotatable bonds is 7. The molecule has 0 spiro atoms. The quantitative estimate of drug-likeness (QED) is 0.736. The van der Waals surface area contributed by atoms with Crippen molar-refractivity contribution < 1.29 is 17.9 Å². The van der Waals surface area contributed by atoms with Crippen LogP contribution in [0.5, 0.6) is 5.75 Å². The van der Waals surface area contributed by atoms with E-state index in [1.807, 2.05) is 42.1 Å². The van der Waals surface area contributed by atoms with Crippen LogP contribution in [0, 0.1) is 5.92 Å². The van der Waals surface area contributed by atoms with Crippen molar-refractivity contribution in [3.05, 3.63) is 48.0 Å². The molecule has 0 saturated carbocycles. The Bertz CT molecular complexity index is 949. The Morgan fingerprint density at radius 3 is 2.59 bits per heavy atom. The number of aromatic nitrogens is 2. The number of aryl methyl sites for hydroxylation is 1. The minimum atomic E-state index is -3.21. The van der Waals surface area contributed by atoms with E-state index in [0.717, 1.165) is 5.56 Å². The Morgan fingerprint density at radius 2 is 2.00 bits per heavy atom. The van der Waals surface area contributed by atoms with Gasteiger partial charge in [-0.15, -0.1) is 0 Å². The summed E-state index contributed by atoms with van der Waals surface area (Å²) < 4.78 is 33.0. The van der Waals surface area contributed by atoms with E-state index >= 15 is 0 Å². The molecule has 1 unspecified atom stereocenters. The smallest absolute Gasteiger partial charge is 0.224 e. The molecule has 1 atom stereocenters. The van der Waals surface area contributed by atoms with Crippen LogP contribution in [0.1, 0.15) is 37.2 Å². The van der Waals surface area contributed by atoms with Crippen molar-refractivity contribution in [1.82, 2.24) is 19.2 Å². The molecular formula is C20H28N4O4S. The SMILES string of the molecule is CCS(=O)(=O)N1CCC(C(=O)NC(c2ccccc2OC)c2nccn2C)CC1. The van der Waals surface area contributed by atoms with Gasteiger partial charge >= 0.3 is 0 Å². The lowest BCUT2D eigenvalue weighted by Crippen LogP contribution is -2.44. The van der Waals surface area contributed by atoms with Crippen LogP contribution >= 0.6 is 0 Å². The third-order valence-corrected chi connectivity index (χ3v) is 7.32. The second-order valence-corrected chi connectivity index (χ2v) is 9.41. The lowest BCUT2D eigenvalue weighted by atomic mass is 9.96. The number of benzene rings is 1. The van der Waals surface area contributed by atoms with E-state index in [1.54, 1.807) is 20.2 Å². The number of hydrogen-bond acceptors (Lipinski definition) is 5. The number of amides is 1. The molecule has 9 heteroatoms. The molecule has 1 aliphatic rings. The minimum Gasteiger partial charge on any atom is -0.496 e. The Kier molecular flexibility index (Phi) is 6.59. The Morgan fingerprint density at radius 1 is 1.31 bits per heavy atom. The van der Waals surface area contributed by atoms with Gasteiger partial charge in [-0.2, -0.15) is 0 Å². The van der Waals surface area contributed by atoms with E-state index in [-0.39, 0.29) is 17.6 Å². The molecular weight excluding hydrogens is 392 g/mol. The van der Waals surface area contributed by atoms with Crippen molar-refractivity contribution in [2.24, 2.45) is 13.0 Å². The third kappa shape index (κ3) is 4.62. The Hall–Kier alpha value is -2.39. The molecule has 2 aromatic rings. The predicted molar refractivity (Wildman–Crippen MR) is 110 cm³/mol. The fourth-order valence-corrected chi connectivity index (χ4v) is 4.81. The topological polar surface area (TPSA) is 93.5 Å². The van der Waals surface area contributed by atoms with Gasteiger partial charge in [-0.25, -0.2) is 17.7 Å². The van der Waals surface area contributed by atoms with Gasteiger partial charge in [0.25, 0.3) is 0 Å². The molecule has 0 bridgehead atoms. The molecule has 1 aromatic carbocycles. The zero-order valence-electron chi connectivity index (χ0n) is 17.0. The van der Waals surface area contributed by atoms with Crippen LogP contribution in [0.2, 0.25) is 0 Å². The highest BCUT2D eigenvalue weighted by Crippen LogP contribution is 2.30. The second kappa shape index (κ2) is 8.96. The van der Waals surface area contributed by atoms with Crippen LogP contribution in [0.25, 0.3) is 0 Å². The van der Waals surface area contributed by atoms with Crippen molar-refractivity contribution in [1.29, 1.82) is 0 Å². The largest absolute Gasteiger partial charge is 0.496 e. The molecule has 158 valence electrons. The molecule has 1 saturated heterocycles. The van der Waals surface area contributed by atoms with Gasteiger partial charge in [0.05, 0.1) is 12.9 Å². The Labute approximate surface area is 171 Å². The molecule has 3 rings (SSSR count). The van der Waals surface area contributed by atoms with Gasteiger partial charge in [0.1, 0.15) is 17.6 Å². The number of piperidine rings is 1. The van der Waals surface area contributed by atoms with E-state index in [4.69, 9.17) is 4.74 Å². The molecule has 0 aliphatic carbocycles. The number of nitrogens with zero attached hydrogens (tertiary/aromatic N) is 3. The molecule has 1 aliphatic heterocycles. The van der Waals surface area contributed by atoms with E-state index < -0.39 is 16.1 Å². The van der Waals surface area contributed by atoms with Crippen molar-refractivity contribution in [2.45, 2.75) is 25.8 Å². The summed E-state index contributed by atoms with van der Waals surface area (Å²) in [7, 11) is 0.262. The van der Waals surface area contributed by atoms with Gasteiger partial charge in [0.2, 0.25) is 15.9 Å². The fraction of sp³-hybridized carbons (Fsp3) is 0.500. The summed E-state index contributed by atoms with van der Waals surface area (Å²) in [5.74, 6) is 1.12. The summed E-state index contributed by atoms with van der Waals surface area (Å²) in [4.78, 5) is 17.5. The van der Waals surface area contributed by atoms with Gasteiger partial charge in [0, 0.05) is 44.0 Å². The second-order valence-electron chi connectivity index (χ2n) is 7.15. The lowest BCUT2D eigenvalue weighted by molar-refractivity contribution is -0.126. The summed E-state index contributed by atoms with van der Waals surface area (Å²) in [6, 6.07) is 7.08. The number of ether oxygens (including phenoxy) is 1. The first-order valence-electron chi connectivity index (χ1n) is 9.75. The minimum absolute atomic E-state index is 0.0822. The van der Waals surface area contributed by atoms with E-state index in [9.17, 15) is 13.2 Å². The zero-order chi connectivity index (χ0) is 21.0. The van der Waals surface area contributed by atoms with Crippen molar-refractivity contribution >= 4 is 15.9 Å². The number of carbonyl (C=O) groups excluding carboxylic acids is 1.